The smallest absolute Gasteiger partial charge is 0.313 e. The predicted octanol–water partition coefficient (Wildman–Crippen LogP) is 1.15. The van der Waals surface area contributed by atoms with E-state index in [-0.39, 0.29) is 12.5 Å². The molecule has 0 saturated carbocycles. The van der Waals surface area contributed by atoms with E-state index in [9.17, 15) is 4.79 Å². The van der Waals surface area contributed by atoms with Crippen LogP contribution >= 0.6 is 0 Å². The number of esters is 1. The van der Waals surface area contributed by atoms with Crippen LogP contribution in [0.4, 0.5) is 0 Å². The van der Waals surface area contributed by atoms with Crippen molar-refractivity contribution in [3.8, 4) is 0 Å². The van der Waals surface area contributed by atoms with E-state index < -0.39 is 5.41 Å². The maximum atomic E-state index is 11.8. The molecule has 0 radical (unpaired) electrons. The molecule has 0 aliphatic rings. The lowest BCUT2D eigenvalue weighted by Crippen LogP contribution is -2.39. The molecule has 1 rings (SSSR count). The van der Waals surface area contributed by atoms with Gasteiger partial charge in [-0.2, -0.15) is 5.10 Å². The minimum atomic E-state index is -0.688. The molecular formula is C13H23N3O2. The molecule has 1 atom stereocenters. The van der Waals surface area contributed by atoms with Crippen molar-refractivity contribution in [2.45, 2.75) is 40.2 Å². The molecule has 1 aromatic heterocycles. The summed E-state index contributed by atoms with van der Waals surface area (Å²) in [6.45, 7) is 6.98. The van der Waals surface area contributed by atoms with Crippen LogP contribution < -0.4 is 5.73 Å². The summed E-state index contributed by atoms with van der Waals surface area (Å²) < 4.78 is 6.76. The van der Waals surface area contributed by atoms with Crippen LogP contribution in [0.1, 0.15) is 32.2 Å². The van der Waals surface area contributed by atoms with Gasteiger partial charge in [-0.1, -0.05) is 6.92 Å². The van der Waals surface area contributed by atoms with E-state index in [1.165, 1.54) is 7.11 Å². The van der Waals surface area contributed by atoms with Gasteiger partial charge in [-0.05, 0) is 26.3 Å². The molecule has 0 bridgehead atoms. The number of methoxy groups -OCH3 is 1. The second-order valence-electron chi connectivity index (χ2n) is 4.73. The summed E-state index contributed by atoms with van der Waals surface area (Å²) in [6, 6.07) is 2.04. The van der Waals surface area contributed by atoms with Crippen molar-refractivity contribution in [2.75, 3.05) is 13.7 Å². The Bertz CT molecular complexity index is 414. The topological polar surface area (TPSA) is 70.1 Å². The highest BCUT2D eigenvalue weighted by molar-refractivity contribution is 5.76. The number of hydrogen-bond acceptors (Lipinski definition) is 4. The molecule has 0 amide bonds. The number of nitrogens with zero attached hydrogens (tertiary/aromatic N) is 2. The van der Waals surface area contributed by atoms with Crippen molar-refractivity contribution in [1.82, 2.24) is 9.78 Å². The summed E-state index contributed by atoms with van der Waals surface area (Å²) in [7, 11) is 1.39. The summed E-state index contributed by atoms with van der Waals surface area (Å²) in [4.78, 5) is 11.8. The highest BCUT2D eigenvalue weighted by Crippen LogP contribution is 2.23. The zero-order valence-electron chi connectivity index (χ0n) is 11.7. The first kappa shape index (κ1) is 14.7. The Labute approximate surface area is 108 Å². The summed E-state index contributed by atoms with van der Waals surface area (Å²) in [5.74, 6) is -0.271. The van der Waals surface area contributed by atoms with E-state index in [1.807, 2.05) is 24.6 Å². The highest BCUT2D eigenvalue weighted by Gasteiger charge is 2.34. The van der Waals surface area contributed by atoms with Crippen molar-refractivity contribution >= 4 is 5.97 Å². The fraction of sp³-hybridized carbons (Fsp3) is 0.692. The Balaban J connectivity index is 3.00. The second-order valence-corrected chi connectivity index (χ2v) is 4.73. The fourth-order valence-corrected chi connectivity index (χ4v) is 1.98. The Morgan fingerprint density at radius 1 is 1.56 bits per heavy atom. The lowest BCUT2D eigenvalue weighted by Gasteiger charge is -2.24. The van der Waals surface area contributed by atoms with E-state index in [1.54, 1.807) is 0 Å². The maximum absolute atomic E-state index is 11.8. The van der Waals surface area contributed by atoms with Gasteiger partial charge < -0.3 is 10.5 Å². The zero-order valence-corrected chi connectivity index (χ0v) is 11.7. The summed E-state index contributed by atoms with van der Waals surface area (Å²) >= 11 is 0. The standard InChI is InChI=1S/C13H23N3O2/c1-5-10-7-11(16(6-2)15-10)8-13(3,9-14)12(17)18-4/h7H,5-6,8-9,14H2,1-4H3. The van der Waals surface area contributed by atoms with Gasteiger partial charge in [-0.25, -0.2) is 0 Å². The van der Waals surface area contributed by atoms with Gasteiger partial charge in [0.2, 0.25) is 0 Å². The minimum Gasteiger partial charge on any atom is -0.469 e. The van der Waals surface area contributed by atoms with Crippen molar-refractivity contribution in [3.63, 3.8) is 0 Å². The van der Waals surface area contributed by atoms with Gasteiger partial charge in [-0.3, -0.25) is 9.48 Å². The minimum absolute atomic E-state index is 0.260. The van der Waals surface area contributed by atoms with Crippen molar-refractivity contribution < 1.29 is 9.53 Å². The number of aromatic nitrogens is 2. The molecule has 5 heteroatoms. The molecular weight excluding hydrogens is 230 g/mol. The average Bonchev–Trinajstić information content (AvgIpc) is 2.79. The Morgan fingerprint density at radius 3 is 2.67 bits per heavy atom. The van der Waals surface area contributed by atoms with Crippen LogP contribution in [0.25, 0.3) is 0 Å². The number of ether oxygens (including phenoxy) is 1. The highest BCUT2D eigenvalue weighted by atomic mass is 16.5. The Hall–Kier alpha value is -1.36. The third kappa shape index (κ3) is 2.90. The number of aryl methyl sites for hydroxylation is 2. The summed E-state index contributed by atoms with van der Waals surface area (Å²) in [5.41, 5.74) is 7.12. The molecule has 0 saturated heterocycles. The zero-order chi connectivity index (χ0) is 13.8. The molecule has 0 aromatic carbocycles. The van der Waals surface area contributed by atoms with Crippen LogP contribution in [0.15, 0.2) is 6.07 Å². The van der Waals surface area contributed by atoms with Crippen LogP contribution in [0, 0.1) is 5.41 Å². The number of carbonyl (C=O) groups is 1. The molecule has 1 unspecified atom stereocenters. The molecule has 0 aliphatic heterocycles. The molecule has 1 heterocycles. The molecule has 1 aromatic rings. The van der Waals surface area contributed by atoms with Crippen molar-refractivity contribution in [2.24, 2.45) is 11.1 Å². The monoisotopic (exact) mass is 253 g/mol. The van der Waals surface area contributed by atoms with E-state index in [0.717, 1.165) is 24.4 Å². The quantitative estimate of drug-likeness (QED) is 0.772. The first-order chi connectivity index (χ1) is 8.50. The van der Waals surface area contributed by atoms with Crippen LogP contribution in [0.2, 0.25) is 0 Å². The number of rotatable bonds is 6. The molecule has 0 spiro atoms. The fourth-order valence-electron chi connectivity index (χ4n) is 1.98. The molecule has 0 aliphatic carbocycles. The van der Waals surface area contributed by atoms with Crippen LogP contribution in [0.3, 0.4) is 0 Å². The van der Waals surface area contributed by atoms with Crippen molar-refractivity contribution in [3.05, 3.63) is 17.5 Å². The van der Waals surface area contributed by atoms with E-state index in [0.29, 0.717) is 6.42 Å². The maximum Gasteiger partial charge on any atom is 0.313 e. The molecule has 18 heavy (non-hydrogen) atoms. The largest absolute Gasteiger partial charge is 0.469 e. The molecule has 2 N–H and O–H groups in total. The number of carbonyl (C=O) groups excluding carboxylic acids is 1. The lowest BCUT2D eigenvalue weighted by molar-refractivity contribution is -0.151. The van der Waals surface area contributed by atoms with Gasteiger partial charge in [0, 0.05) is 25.2 Å². The second kappa shape index (κ2) is 6.00. The lowest BCUT2D eigenvalue weighted by atomic mass is 9.85. The third-order valence-electron chi connectivity index (χ3n) is 3.28. The molecule has 5 nitrogen and oxygen atoms in total. The summed E-state index contributed by atoms with van der Waals surface area (Å²) in [6.07, 6.45) is 1.44. The van der Waals surface area contributed by atoms with Gasteiger partial charge in [0.15, 0.2) is 0 Å². The predicted molar refractivity (Wildman–Crippen MR) is 70.2 cm³/mol. The van der Waals surface area contributed by atoms with E-state index in [2.05, 4.69) is 12.0 Å². The summed E-state index contributed by atoms with van der Waals surface area (Å²) in [5, 5.41) is 4.47. The van der Waals surface area contributed by atoms with Gasteiger partial charge in [-0.15, -0.1) is 0 Å². The average molecular weight is 253 g/mol. The Kier molecular flexibility index (Phi) is 4.90. The molecule has 0 fully saturated rings. The first-order valence-electron chi connectivity index (χ1n) is 6.34. The van der Waals surface area contributed by atoms with E-state index >= 15 is 0 Å². The van der Waals surface area contributed by atoms with Crippen LogP contribution in [-0.2, 0) is 28.9 Å². The molecule has 102 valence electrons. The van der Waals surface area contributed by atoms with Gasteiger partial charge in [0.05, 0.1) is 18.2 Å². The van der Waals surface area contributed by atoms with Crippen LogP contribution in [0.5, 0.6) is 0 Å². The van der Waals surface area contributed by atoms with Gasteiger partial charge >= 0.3 is 5.97 Å². The number of nitrogens with two attached hydrogens (primary N) is 1. The third-order valence-corrected chi connectivity index (χ3v) is 3.28. The van der Waals surface area contributed by atoms with E-state index in [4.69, 9.17) is 10.5 Å². The Morgan fingerprint density at radius 2 is 2.22 bits per heavy atom. The van der Waals surface area contributed by atoms with Gasteiger partial charge in [0.1, 0.15) is 0 Å². The first-order valence-corrected chi connectivity index (χ1v) is 6.34. The SMILES string of the molecule is CCc1cc(CC(C)(CN)C(=O)OC)n(CC)n1. The number of hydrogen-bond donors (Lipinski definition) is 1. The van der Waals surface area contributed by atoms with Gasteiger partial charge in [0.25, 0.3) is 0 Å². The van der Waals surface area contributed by atoms with Crippen molar-refractivity contribution in [1.29, 1.82) is 0 Å². The normalized spacial score (nSPS) is 14.3. The van der Waals surface area contributed by atoms with Crippen LogP contribution in [-0.4, -0.2) is 29.4 Å².